The first-order chi connectivity index (χ1) is 11.7. The van der Waals surface area contributed by atoms with Gasteiger partial charge in [-0.05, 0) is 38.3 Å². The van der Waals surface area contributed by atoms with Crippen LogP contribution in [0.5, 0.6) is 0 Å². The van der Waals surface area contributed by atoms with Gasteiger partial charge in [-0.1, -0.05) is 13.8 Å². The molecule has 8 nitrogen and oxygen atoms in total. The molecule has 138 valence electrons. The topological polar surface area (TPSA) is 117 Å². The minimum Gasteiger partial charge on any atom is -0.467 e. The van der Waals surface area contributed by atoms with Gasteiger partial charge in [-0.25, -0.2) is 8.42 Å². The summed E-state index contributed by atoms with van der Waals surface area (Å²) in [4.78, 5) is 12.6. The summed E-state index contributed by atoms with van der Waals surface area (Å²) in [6.45, 7) is 7.28. The van der Waals surface area contributed by atoms with Gasteiger partial charge in [0.25, 0.3) is 0 Å². The molecule has 0 saturated heterocycles. The fraction of sp³-hybridized carbons (Fsp3) is 0.500. The Hall–Kier alpha value is -2.13. The average Bonchev–Trinajstić information content (AvgIpc) is 3.13. The van der Waals surface area contributed by atoms with Gasteiger partial charge in [0.1, 0.15) is 16.7 Å². The van der Waals surface area contributed by atoms with Crippen LogP contribution in [0.4, 0.5) is 0 Å². The molecule has 0 radical (unpaired) electrons. The lowest BCUT2D eigenvalue weighted by Gasteiger charge is -2.20. The third-order valence-electron chi connectivity index (χ3n) is 3.67. The highest BCUT2D eigenvalue weighted by molar-refractivity contribution is 7.89. The molecular weight excluding hydrogens is 344 g/mol. The Morgan fingerprint density at radius 3 is 2.60 bits per heavy atom. The van der Waals surface area contributed by atoms with Crippen LogP contribution < -0.4 is 10.0 Å². The van der Waals surface area contributed by atoms with Crippen LogP contribution in [0.3, 0.4) is 0 Å². The van der Waals surface area contributed by atoms with E-state index in [1.165, 1.54) is 6.26 Å². The van der Waals surface area contributed by atoms with E-state index >= 15 is 0 Å². The van der Waals surface area contributed by atoms with Crippen LogP contribution >= 0.6 is 0 Å². The summed E-state index contributed by atoms with van der Waals surface area (Å²) >= 11 is 0. The highest BCUT2D eigenvalue weighted by Crippen LogP contribution is 2.18. The number of aromatic amines is 1. The van der Waals surface area contributed by atoms with Crippen molar-refractivity contribution in [3.05, 3.63) is 35.5 Å². The number of H-pyrrole nitrogens is 1. The maximum absolute atomic E-state index is 12.7. The van der Waals surface area contributed by atoms with Gasteiger partial charge in [-0.2, -0.15) is 9.82 Å². The van der Waals surface area contributed by atoms with Gasteiger partial charge in [0.05, 0.1) is 24.2 Å². The van der Waals surface area contributed by atoms with Gasteiger partial charge in [-0.15, -0.1) is 0 Å². The van der Waals surface area contributed by atoms with E-state index < -0.39 is 22.0 Å². The summed E-state index contributed by atoms with van der Waals surface area (Å²) in [6.07, 6.45) is 1.89. The highest BCUT2D eigenvalue weighted by atomic mass is 32.2. The lowest BCUT2D eigenvalue weighted by molar-refractivity contribution is -0.123. The van der Waals surface area contributed by atoms with Gasteiger partial charge in [0, 0.05) is 0 Å². The molecule has 0 fully saturated rings. The quantitative estimate of drug-likeness (QED) is 0.655. The van der Waals surface area contributed by atoms with Crippen molar-refractivity contribution in [3.63, 3.8) is 0 Å². The van der Waals surface area contributed by atoms with Crippen LogP contribution in [0.1, 0.15) is 37.4 Å². The molecule has 2 aromatic heterocycles. The Morgan fingerprint density at radius 1 is 1.36 bits per heavy atom. The first-order valence-corrected chi connectivity index (χ1v) is 9.53. The summed E-state index contributed by atoms with van der Waals surface area (Å²) in [6, 6.07) is 2.58. The number of furan rings is 1. The maximum Gasteiger partial charge on any atom is 0.244 e. The fourth-order valence-electron chi connectivity index (χ4n) is 2.57. The van der Waals surface area contributed by atoms with Gasteiger partial charge in [0.2, 0.25) is 15.9 Å². The zero-order chi connectivity index (χ0) is 18.6. The molecule has 0 aliphatic heterocycles. The average molecular weight is 368 g/mol. The van der Waals surface area contributed by atoms with Gasteiger partial charge >= 0.3 is 0 Å². The number of carbonyl (C=O) groups excluding carboxylic acids is 1. The third kappa shape index (κ3) is 4.93. The van der Waals surface area contributed by atoms with E-state index in [9.17, 15) is 13.2 Å². The molecule has 0 aliphatic carbocycles. The molecule has 2 rings (SSSR count). The minimum absolute atomic E-state index is 0.0834. The predicted molar refractivity (Wildman–Crippen MR) is 92.2 cm³/mol. The van der Waals surface area contributed by atoms with Crippen molar-refractivity contribution in [1.29, 1.82) is 0 Å². The Balaban J connectivity index is 2.15. The van der Waals surface area contributed by atoms with E-state index in [1.807, 2.05) is 13.8 Å². The number of aryl methyl sites for hydroxylation is 2. The molecule has 2 heterocycles. The van der Waals surface area contributed by atoms with E-state index in [1.54, 1.807) is 26.0 Å². The number of hydrogen-bond acceptors (Lipinski definition) is 5. The molecule has 3 N–H and O–H groups in total. The largest absolute Gasteiger partial charge is 0.467 e. The lowest BCUT2D eigenvalue weighted by atomic mass is 10.0. The second-order valence-corrected chi connectivity index (χ2v) is 8.01. The summed E-state index contributed by atoms with van der Waals surface area (Å²) in [5.74, 6) is 0.335. The standard InChI is InChI=1S/C16H24N4O4S/c1-10(2)8-14(16(21)17-9-13-6-5-7-24-13)20-25(22,23)15-11(3)18-19-12(15)4/h5-7,10,14,20H,8-9H2,1-4H3,(H,17,21)(H,18,19)/t14-/m1/s1. The number of nitrogens with one attached hydrogen (secondary N) is 3. The number of aromatic nitrogens is 2. The fourth-order valence-corrected chi connectivity index (χ4v) is 4.15. The minimum atomic E-state index is -3.87. The van der Waals surface area contributed by atoms with Crippen LogP contribution in [-0.2, 0) is 21.4 Å². The second kappa shape index (κ2) is 7.83. The van der Waals surface area contributed by atoms with E-state index in [2.05, 4.69) is 20.2 Å². The smallest absolute Gasteiger partial charge is 0.244 e. The summed E-state index contributed by atoms with van der Waals surface area (Å²) in [5, 5.41) is 9.26. The Labute approximate surface area is 147 Å². The molecule has 0 spiro atoms. The van der Waals surface area contributed by atoms with E-state index in [4.69, 9.17) is 4.42 Å². The van der Waals surface area contributed by atoms with E-state index in [0.717, 1.165) is 0 Å². The molecule has 0 aliphatic rings. The highest BCUT2D eigenvalue weighted by Gasteiger charge is 2.29. The molecule has 0 saturated carbocycles. The number of rotatable bonds is 8. The Bertz CT molecular complexity index is 790. The van der Waals surface area contributed by atoms with Crippen molar-refractivity contribution in [2.45, 2.75) is 51.6 Å². The van der Waals surface area contributed by atoms with Crippen molar-refractivity contribution in [1.82, 2.24) is 20.2 Å². The van der Waals surface area contributed by atoms with Gasteiger partial charge < -0.3 is 9.73 Å². The zero-order valence-electron chi connectivity index (χ0n) is 14.8. The van der Waals surface area contributed by atoms with Crippen molar-refractivity contribution in [2.75, 3.05) is 0 Å². The zero-order valence-corrected chi connectivity index (χ0v) is 15.6. The monoisotopic (exact) mass is 368 g/mol. The Kier molecular flexibility index (Phi) is 6.02. The van der Waals surface area contributed by atoms with E-state index in [-0.39, 0.29) is 17.4 Å². The second-order valence-electron chi connectivity index (χ2n) is 6.36. The number of sulfonamides is 1. The molecule has 1 amide bonds. The van der Waals surface area contributed by atoms with Crippen LogP contribution in [0, 0.1) is 19.8 Å². The summed E-state index contributed by atoms with van der Waals surface area (Å²) < 4.78 is 33.1. The van der Waals surface area contributed by atoms with Gasteiger partial charge in [0.15, 0.2) is 0 Å². The van der Waals surface area contributed by atoms with Crippen molar-refractivity contribution in [2.24, 2.45) is 5.92 Å². The van der Waals surface area contributed by atoms with Crippen molar-refractivity contribution in [3.8, 4) is 0 Å². The van der Waals surface area contributed by atoms with Gasteiger partial charge in [-0.3, -0.25) is 9.89 Å². The van der Waals surface area contributed by atoms with Crippen LogP contribution in [0.15, 0.2) is 27.7 Å². The maximum atomic E-state index is 12.7. The third-order valence-corrected chi connectivity index (χ3v) is 5.40. The summed E-state index contributed by atoms with van der Waals surface area (Å²) in [5.41, 5.74) is 0.800. The number of hydrogen-bond donors (Lipinski definition) is 3. The molecule has 1 atom stereocenters. The molecule has 9 heteroatoms. The molecular formula is C16H24N4O4S. The van der Waals surface area contributed by atoms with E-state index in [0.29, 0.717) is 23.6 Å². The van der Waals surface area contributed by atoms with Crippen molar-refractivity contribution < 1.29 is 17.6 Å². The predicted octanol–water partition coefficient (Wildman–Crippen LogP) is 1.63. The normalized spacial score (nSPS) is 13.2. The van der Waals surface area contributed by atoms with Crippen LogP contribution in [0.2, 0.25) is 0 Å². The lowest BCUT2D eigenvalue weighted by Crippen LogP contribution is -2.47. The number of carbonyl (C=O) groups is 1. The summed E-state index contributed by atoms with van der Waals surface area (Å²) in [7, 11) is -3.87. The van der Waals surface area contributed by atoms with Crippen LogP contribution in [-0.4, -0.2) is 30.6 Å². The number of nitrogens with zero attached hydrogens (tertiary/aromatic N) is 1. The molecule has 0 bridgehead atoms. The van der Waals surface area contributed by atoms with Crippen LogP contribution in [0.25, 0.3) is 0 Å². The molecule has 2 aromatic rings. The number of amides is 1. The van der Waals surface area contributed by atoms with Crippen molar-refractivity contribution >= 4 is 15.9 Å². The molecule has 0 unspecified atom stereocenters. The first kappa shape index (κ1) is 19.2. The Morgan fingerprint density at radius 2 is 2.08 bits per heavy atom. The molecule has 25 heavy (non-hydrogen) atoms. The first-order valence-electron chi connectivity index (χ1n) is 8.04. The molecule has 0 aromatic carbocycles. The SMILES string of the molecule is Cc1n[nH]c(C)c1S(=O)(=O)N[C@H](CC(C)C)C(=O)NCc1ccco1.